The Labute approximate surface area is 98.8 Å². The average Bonchev–Trinajstić information content (AvgIpc) is 2.47. The van der Waals surface area contributed by atoms with Gasteiger partial charge in [0.05, 0.1) is 6.04 Å². The maximum absolute atomic E-state index is 11.7. The molecule has 0 radical (unpaired) electrons. The Morgan fingerprint density at radius 2 is 2.06 bits per heavy atom. The number of imide groups is 1. The maximum Gasteiger partial charge on any atom is 0.420 e. The summed E-state index contributed by atoms with van der Waals surface area (Å²) in [6, 6.07) is -0.769. The first-order valence-corrected chi connectivity index (χ1v) is 5.17. The number of carboxylic acid groups (broad SMARTS) is 1. The van der Waals surface area contributed by atoms with E-state index in [4.69, 9.17) is 9.84 Å². The molecule has 0 fully saturated rings. The molecule has 1 N–H and O–H groups in total. The summed E-state index contributed by atoms with van der Waals surface area (Å²) in [7, 11) is 0. The number of carbonyl (C=O) groups is 3. The third-order valence-corrected chi connectivity index (χ3v) is 2.04. The minimum Gasteiger partial charge on any atom is -0.465 e. The Morgan fingerprint density at radius 1 is 1.47 bits per heavy atom. The fourth-order valence-electron chi connectivity index (χ4n) is 1.40. The molecule has 94 valence electrons. The molecule has 0 spiro atoms. The van der Waals surface area contributed by atoms with Crippen molar-refractivity contribution in [3.8, 4) is 0 Å². The van der Waals surface area contributed by atoms with Crippen molar-refractivity contribution in [3.05, 3.63) is 12.2 Å². The third kappa shape index (κ3) is 3.58. The molecule has 1 atom stereocenters. The van der Waals surface area contributed by atoms with Gasteiger partial charge < -0.3 is 9.84 Å². The van der Waals surface area contributed by atoms with Crippen LogP contribution >= 0.6 is 0 Å². The van der Waals surface area contributed by atoms with Crippen LogP contribution in [0.3, 0.4) is 0 Å². The highest BCUT2D eigenvalue weighted by molar-refractivity contribution is 5.95. The van der Waals surface area contributed by atoms with Crippen molar-refractivity contribution in [2.45, 2.75) is 38.8 Å². The molecule has 0 saturated heterocycles. The molecule has 6 heteroatoms. The summed E-state index contributed by atoms with van der Waals surface area (Å²) in [5.41, 5.74) is -0.781. The SMILES string of the molecule is CC(C)(C)OC(=O)N(C(=O)O)C1C=CC(=O)C1. The number of carbonyl (C=O) groups excluding carboxylic acids is 2. The zero-order valence-electron chi connectivity index (χ0n) is 9.97. The van der Waals surface area contributed by atoms with Gasteiger partial charge >= 0.3 is 12.2 Å². The second-order valence-corrected chi connectivity index (χ2v) is 4.73. The van der Waals surface area contributed by atoms with Crippen LogP contribution in [0.4, 0.5) is 9.59 Å². The molecule has 0 aromatic carbocycles. The van der Waals surface area contributed by atoms with E-state index in [1.165, 1.54) is 12.2 Å². The van der Waals surface area contributed by atoms with Gasteiger partial charge in [0.25, 0.3) is 0 Å². The van der Waals surface area contributed by atoms with Gasteiger partial charge in [-0.3, -0.25) is 4.79 Å². The van der Waals surface area contributed by atoms with Crippen LogP contribution in [0, 0.1) is 0 Å². The smallest absolute Gasteiger partial charge is 0.420 e. The van der Waals surface area contributed by atoms with E-state index in [2.05, 4.69) is 0 Å². The molecule has 0 aromatic heterocycles. The number of hydrogen-bond acceptors (Lipinski definition) is 4. The van der Waals surface area contributed by atoms with E-state index < -0.39 is 23.8 Å². The molecule has 1 aliphatic rings. The number of nitrogens with zero attached hydrogens (tertiary/aromatic N) is 1. The number of ether oxygens (including phenoxy) is 1. The predicted octanol–water partition coefficient (Wildman–Crippen LogP) is 1.80. The molecule has 0 aliphatic heterocycles. The van der Waals surface area contributed by atoms with Crippen molar-refractivity contribution in [1.29, 1.82) is 0 Å². The van der Waals surface area contributed by atoms with Gasteiger partial charge in [-0.15, -0.1) is 0 Å². The van der Waals surface area contributed by atoms with E-state index in [9.17, 15) is 14.4 Å². The Balaban J connectivity index is 2.80. The van der Waals surface area contributed by atoms with Crippen molar-refractivity contribution >= 4 is 18.0 Å². The summed E-state index contributed by atoms with van der Waals surface area (Å²) in [6.07, 6.45) is 0.245. The second-order valence-electron chi connectivity index (χ2n) is 4.73. The van der Waals surface area contributed by atoms with Crippen molar-refractivity contribution in [2.75, 3.05) is 0 Å². The average molecular weight is 241 g/mol. The van der Waals surface area contributed by atoms with Crippen LogP contribution in [-0.4, -0.2) is 39.6 Å². The first-order chi connectivity index (χ1) is 7.70. The number of allylic oxidation sites excluding steroid dienone is 1. The molecule has 6 nitrogen and oxygen atoms in total. The highest BCUT2D eigenvalue weighted by Crippen LogP contribution is 2.18. The molecule has 0 saturated carbocycles. The van der Waals surface area contributed by atoms with E-state index in [1.807, 2.05) is 0 Å². The van der Waals surface area contributed by atoms with E-state index in [1.54, 1.807) is 20.8 Å². The number of hydrogen-bond donors (Lipinski definition) is 1. The fraction of sp³-hybridized carbons (Fsp3) is 0.545. The first kappa shape index (κ1) is 13.2. The van der Waals surface area contributed by atoms with Crippen LogP contribution in [0.5, 0.6) is 0 Å². The lowest BCUT2D eigenvalue weighted by Gasteiger charge is -2.27. The van der Waals surface area contributed by atoms with Gasteiger partial charge in [-0.2, -0.15) is 0 Å². The van der Waals surface area contributed by atoms with E-state index >= 15 is 0 Å². The topological polar surface area (TPSA) is 83.9 Å². The zero-order chi connectivity index (χ0) is 13.2. The van der Waals surface area contributed by atoms with Crippen LogP contribution < -0.4 is 0 Å². The number of ketones is 1. The molecule has 1 unspecified atom stereocenters. The summed E-state index contributed by atoms with van der Waals surface area (Å²) in [5.74, 6) is -0.204. The second kappa shape index (κ2) is 4.57. The summed E-state index contributed by atoms with van der Waals surface area (Å²) >= 11 is 0. The molecule has 0 heterocycles. The maximum atomic E-state index is 11.7. The largest absolute Gasteiger partial charge is 0.465 e. The lowest BCUT2D eigenvalue weighted by atomic mass is 10.2. The van der Waals surface area contributed by atoms with Crippen LogP contribution in [0.25, 0.3) is 0 Å². The van der Waals surface area contributed by atoms with Gasteiger partial charge in [0.1, 0.15) is 5.60 Å². The molecular formula is C11H15NO5. The Bertz CT molecular complexity index is 380. The Hall–Kier alpha value is -1.85. The minimum atomic E-state index is -1.43. The first-order valence-electron chi connectivity index (χ1n) is 5.17. The van der Waals surface area contributed by atoms with Crippen molar-refractivity contribution < 1.29 is 24.2 Å². The van der Waals surface area contributed by atoms with Gasteiger partial charge in [-0.25, -0.2) is 14.5 Å². The normalized spacial score (nSPS) is 19.2. The summed E-state index contributed by atoms with van der Waals surface area (Å²) in [5, 5.41) is 8.97. The lowest BCUT2D eigenvalue weighted by Crippen LogP contribution is -2.45. The molecule has 2 amide bonds. The quantitative estimate of drug-likeness (QED) is 0.756. The molecule has 1 rings (SSSR count). The standard InChI is InChI=1S/C11H15NO5/c1-11(2,3)17-10(16)12(9(14)15)7-4-5-8(13)6-7/h4-5,7H,6H2,1-3H3,(H,14,15). The van der Waals surface area contributed by atoms with E-state index in [0.29, 0.717) is 4.90 Å². The van der Waals surface area contributed by atoms with Crippen molar-refractivity contribution in [1.82, 2.24) is 4.90 Å². The number of amides is 2. The summed E-state index contributed by atoms with van der Waals surface area (Å²) in [4.78, 5) is 34.2. The van der Waals surface area contributed by atoms with Crippen LogP contribution in [0.1, 0.15) is 27.2 Å². The van der Waals surface area contributed by atoms with Gasteiger partial charge in [0.2, 0.25) is 0 Å². The van der Waals surface area contributed by atoms with Crippen molar-refractivity contribution in [3.63, 3.8) is 0 Å². The van der Waals surface area contributed by atoms with Crippen molar-refractivity contribution in [2.24, 2.45) is 0 Å². The predicted molar refractivity (Wildman–Crippen MR) is 58.6 cm³/mol. The molecular weight excluding hydrogens is 226 g/mol. The highest BCUT2D eigenvalue weighted by atomic mass is 16.6. The van der Waals surface area contributed by atoms with Crippen LogP contribution in [0.15, 0.2) is 12.2 Å². The highest BCUT2D eigenvalue weighted by Gasteiger charge is 2.35. The summed E-state index contributed by atoms with van der Waals surface area (Å²) in [6.45, 7) is 4.92. The monoisotopic (exact) mass is 241 g/mol. The fourth-order valence-corrected chi connectivity index (χ4v) is 1.40. The molecule has 0 aromatic rings. The van der Waals surface area contributed by atoms with Gasteiger partial charge in [0.15, 0.2) is 5.78 Å². The van der Waals surface area contributed by atoms with Gasteiger partial charge in [0, 0.05) is 6.42 Å². The van der Waals surface area contributed by atoms with E-state index in [0.717, 1.165) is 0 Å². The molecule has 0 bridgehead atoms. The number of rotatable bonds is 1. The molecule has 1 aliphatic carbocycles. The zero-order valence-corrected chi connectivity index (χ0v) is 9.97. The van der Waals surface area contributed by atoms with Crippen LogP contribution in [-0.2, 0) is 9.53 Å². The van der Waals surface area contributed by atoms with E-state index in [-0.39, 0.29) is 12.2 Å². The Morgan fingerprint density at radius 3 is 2.41 bits per heavy atom. The van der Waals surface area contributed by atoms with Gasteiger partial charge in [-0.05, 0) is 26.8 Å². The Kier molecular flexibility index (Phi) is 3.55. The van der Waals surface area contributed by atoms with Gasteiger partial charge in [-0.1, -0.05) is 6.08 Å². The minimum absolute atomic E-state index is 0.0223. The van der Waals surface area contributed by atoms with Crippen LogP contribution in [0.2, 0.25) is 0 Å². The third-order valence-electron chi connectivity index (χ3n) is 2.04. The summed E-state index contributed by atoms with van der Waals surface area (Å²) < 4.78 is 4.97. The lowest BCUT2D eigenvalue weighted by molar-refractivity contribution is -0.114. The molecule has 17 heavy (non-hydrogen) atoms.